The first kappa shape index (κ1) is 11.3. The lowest BCUT2D eigenvalue weighted by Crippen LogP contribution is -1.92. The van der Waals surface area contributed by atoms with Crippen LogP contribution in [0.15, 0.2) is 18.2 Å². The molecule has 0 saturated carbocycles. The van der Waals surface area contributed by atoms with Gasteiger partial charge in [0.05, 0.1) is 0 Å². The molecule has 0 radical (unpaired) electrons. The minimum Gasteiger partial charge on any atom is -0.0654 e. The summed E-state index contributed by atoms with van der Waals surface area (Å²) < 4.78 is 0. The third-order valence-corrected chi connectivity index (χ3v) is 2.75. The molecule has 0 aliphatic carbocycles. The molecular weight excluding hydrogens is 168 g/mol. The van der Waals surface area contributed by atoms with Gasteiger partial charge in [0.1, 0.15) is 0 Å². The van der Waals surface area contributed by atoms with Crippen LogP contribution in [0, 0.1) is 0 Å². The number of benzene rings is 1. The molecular formula is C14H22. The van der Waals surface area contributed by atoms with E-state index < -0.39 is 0 Å². The number of aryl methyl sites for hydroxylation is 3. The molecule has 1 aromatic carbocycles. The Kier molecular flexibility index (Phi) is 4.72. The van der Waals surface area contributed by atoms with E-state index in [0.717, 1.165) is 12.8 Å². The second-order valence-corrected chi connectivity index (χ2v) is 3.97. The maximum absolute atomic E-state index is 2.37. The molecule has 0 atom stereocenters. The summed E-state index contributed by atoms with van der Waals surface area (Å²) in [7, 11) is 0. The highest BCUT2D eigenvalue weighted by molar-refractivity contribution is 5.30. The summed E-state index contributed by atoms with van der Waals surface area (Å²) in [5.41, 5.74) is 4.52. The Labute approximate surface area is 88.4 Å². The van der Waals surface area contributed by atoms with Gasteiger partial charge in [-0.2, -0.15) is 0 Å². The Hall–Kier alpha value is -0.780. The zero-order valence-electron chi connectivity index (χ0n) is 9.77. The largest absolute Gasteiger partial charge is 0.0654 e. The lowest BCUT2D eigenvalue weighted by Gasteiger charge is -2.07. The van der Waals surface area contributed by atoms with Gasteiger partial charge in [-0.3, -0.25) is 0 Å². The third kappa shape index (κ3) is 3.17. The van der Waals surface area contributed by atoms with Crippen LogP contribution in [-0.4, -0.2) is 0 Å². The third-order valence-electron chi connectivity index (χ3n) is 2.75. The van der Waals surface area contributed by atoms with Crippen LogP contribution in [0.3, 0.4) is 0 Å². The highest BCUT2D eigenvalue weighted by atomic mass is 14.0. The molecule has 78 valence electrons. The van der Waals surface area contributed by atoms with E-state index in [1.54, 1.807) is 0 Å². The van der Waals surface area contributed by atoms with Crippen LogP contribution in [0.25, 0.3) is 0 Å². The molecule has 0 spiro atoms. The van der Waals surface area contributed by atoms with Gasteiger partial charge in [-0.25, -0.2) is 0 Å². The molecule has 0 aliphatic heterocycles. The van der Waals surface area contributed by atoms with Crippen molar-refractivity contribution in [2.75, 3.05) is 0 Å². The first-order chi connectivity index (χ1) is 6.80. The molecule has 14 heavy (non-hydrogen) atoms. The molecule has 0 heterocycles. The molecule has 0 N–H and O–H groups in total. The van der Waals surface area contributed by atoms with Gasteiger partial charge in [0.2, 0.25) is 0 Å². The summed E-state index contributed by atoms with van der Waals surface area (Å²) >= 11 is 0. The minimum atomic E-state index is 1.16. The van der Waals surface area contributed by atoms with Crippen molar-refractivity contribution in [1.29, 1.82) is 0 Å². The Morgan fingerprint density at radius 2 is 1.29 bits per heavy atom. The maximum atomic E-state index is 2.37. The predicted octanol–water partition coefficient (Wildman–Crippen LogP) is 4.15. The van der Waals surface area contributed by atoms with Crippen molar-refractivity contribution in [3.8, 4) is 0 Å². The van der Waals surface area contributed by atoms with Crippen molar-refractivity contribution in [3.05, 3.63) is 34.9 Å². The van der Waals surface area contributed by atoms with Gasteiger partial charge in [0, 0.05) is 0 Å². The lowest BCUT2D eigenvalue weighted by atomic mass is 9.99. The smallest absolute Gasteiger partial charge is 0.0279 e. The van der Waals surface area contributed by atoms with Gasteiger partial charge in [-0.05, 0) is 42.4 Å². The van der Waals surface area contributed by atoms with Gasteiger partial charge >= 0.3 is 0 Å². The molecule has 0 fully saturated rings. The average molecular weight is 190 g/mol. The average Bonchev–Trinajstić information content (AvgIpc) is 2.25. The van der Waals surface area contributed by atoms with Crippen molar-refractivity contribution in [2.24, 2.45) is 0 Å². The molecule has 0 aromatic heterocycles. The minimum absolute atomic E-state index is 1.16. The van der Waals surface area contributed by atoms with E-state index in [2.05, 4.69) is 39.0 Å². The molecule has 1 aromatic rings. The quantitative estimate of drug-likeness (QED) is 0.654. The Morgan fingerprint density at radius 1 is 0.786 bits per heavy atom. The van der Waals surface area contributed by atoms with Gasteiger partial charge in [0.15, 0.2) is 0 Å². The number of unbranched alkanes of at least 4 members (excludes halogenated alkanes) is 1. The zero-order valence-corrected chi connectivity index (χ0v) is 9.77. The molecule has 1 rings (SSSR count). The second-order valence-electron chi connectivity index (χ2n) is 3.97. The molecule has 0 aliphatic rings. The van der Waals surface area contributed by atoms with Crippen LogP contribution in [-0.2, 0) is 19.3 Å². The van der Waals surface area contributed by atoms with Gasteiger partial charge in [-0.1, -0.05) is 45.4 Å². The SMILES string of the molecule is CCCCc1cc(CC)cc(CC)c1. The van der Waals surface area contributed by atoms with E-state index in [-0.39, 0.29) is 0 Å². The molecule has 0 nitrogen and oxygen atoms in total. The molecule has 0 unspecified atom stereocenters. The van der Waals surface area contributed by atoms with Crippen LogP contribution in [0.5, 0.6) is 0 Å². The fraction of sp³-hybridized carbons (Fsp3) is 0.571. The Bertz CT molecular complexity index is 251. The van der Waals surface area contributed by atoms with Crippen LogP contribution < -0.4 is 0 Å². The van der Waals surface area contributed by atoms with E-state index in [0.29, 0.717) is 0 Å². The van der Waals surface area contributed by atoms with Crippen LogP contribution in [0.1, 0.15) is 50.3 Å². The fourth-order valence-electron chi connectivity index (χ4n) is 1.77. The summed E-state index contributed by atoms with van der Waals surface area (Å²) in [5.74, 6) is 0. The van der Waals surface area contributed by atoms with Crippen molar-refractivity contribution < 1.29 is 0 Å². The second kappa shape index (κ2) is 5.85. The highest BCUT2D eigenvalue weighted by Gasteiger charge is 1.98. The number of hydrogen-bond donors (Lipinski definition) is 0. The summed E-state index contributed by atoms with van der Waals surface area (Å²) in [6, 6.07) is 7.08. The van der Waals surface area contributed by atoms with Crippen molar-refractivity contribution in [1.82, 2.24) is 0 Å². The number of hydrogen-bond acceptors (Lipinski definition) is 0. The van der Waals surface area contributed by atoms with E-state index in [4.69, 9.17) is 0 Å². The normalized spacial score (nSPS) is 10.5. The highest BCUT2D eigenvalue weighted by Crippen LogP contribution is 2.14. The first-order valence-electron chi connectivity index (χ1n) is 5.91. The van der Waals surface area contributed by atoms with Gasteiger partial charge in [-0.15, -0.1) is 0 Å². The van der Waals surface area contributed by atoms with Crippen molar-refractivity contribution >= 4 is 0 Å². The van der Waals surface area contributed by atoms with Crippen LogP contribution in [0.2, 0.25) is 0 Å². The molecule has 0 heteroatoms. The maximum Gasteiger partial charge on any atom is -0.0279 e. The molecule has 0 bridgehead atoms. The number of rotatable bonds is 5. The zero-order chi connectivity index (χ0) is 10.4. The summed E-state index contributed by atoms with van der Waals surface area (Å²) in [6.45, 7) is 6.72. The van der Waals surface area contributed by atoms with Crippen molar-refractivity contribution in [2.45, 2.75) is 52.9 Å². The van der Waals surface area contributed by atoms with Gasteiger partial charge < -0.3 is 0 Å². The molecule has 0 amide bonds. The van der Waals surface area contributed by atoms with Crippen molar-refractivity contribution in [3.63, 3.8) is 0 Å². The van der Waals surface area contributed by atoms with Gasteiger partial charge in [0.25, 0.3) is 0 Å². The van der Waals surface area contributed by atoms with Crippen LogP contribution >= 0.6 is 0 Å². The topological polar surface area (TPSA) is 0 Å². The van der Waals surface area contributed by atoms with E-state index in [1.165, 1.54) is 36.0 Å². The predicted molar refractivity (Wildman–Crippen MR) is 63.8 cm³/mol. The monoisotopic (exact) mass is 190 g/mol. The summed E-state index contributed by atoms with van der Waals surface area (Å²) in [4.78, 5) is 0. The van der Waals surface area contributed by atoms with E-state index in [1.807, 2.05) is 0 Å². The lowest BCUT2D eigenvalue weighted by molar-refractivity contribution is 0.792. The van der Waals surface area contributed by atoms with E-state index >= 15 is 0 Å². The Morgan fingerprint density at radius 3 is 1.71 bits per heavy atom. The Balaban J connectivity index is 2.81. The van der Waals surface area contributed by atoms with E-state index in [9.17, 15) is 0 Å². The molecule has 0 saturated heterocycles. The van der Waals surface area contributed by atoms with Crippen LogP contribution in [0.4, 0.5) is 0 Å². The fourth-order valence-corrected chi connectivity index (χ4v) is 1.77. The summed E-state index contributed by atoms with van der Waals surface area (Å²) in [5, 5.41) is 0. The standard InChI is InChI=1S/C14H22/c1-4-7-8-14-10-12(5-2)9-13(6-3)11-14/h9-11H,4-8H2,1-3H3. The summed E-state index contributed by atoms with van der Waals surface area (Å²) in [6.07, 6.45) is 6.17. The first-order valence-corrected chi connectivity index (χ1v) is 5.91.